The van der Waals surface area contributed by atoms with E-state index in [9.17, 15) is 9.18 Å². The second-order valence-corrected chi connectivity index (χ2v) is 7.01. The lowest BCUT2D eigenvalue weighted by atomic mass is 10.0. The van der Waals surface area contributed by atoms with Crippen LogP contribution in [0.3, 0.4) is 0 Å². The van der Waals surface area contributed by atoms with Crippen molar-refractivity contribution in [1.29, 1.82) is 0 Å². The number of aromatic nitrogens is 5. The normalized spacial score (nSPS) is 12.1. The number of carbonyl (C=O) groups excluding carboxylic acids is 1. The van der Waals surface area contributed by atoms with Crippen LogP contribution in [0.25, 0.3) is 17.1 Å². The third-order valence-corrected chi connectivity index (χ3v) is 4.54. The maximum Gasteiger partial charge on any atom is 0.255 e. The van der Waals surface area contributed by atoms with Crippen LogP contribution < -0.4 is 5.32 Å². The van der Waals surface area contributed by atoms with E-state index in [0.717, 1.165) is 5.56 Å². The first kappa shape index (κ1) is 19.4. The molecule has 4 rings (SSSR count). The Morgan fingerprint density at radius 2 is 1.93 bits per heavy atom. The molecule has 8 nitrogen and oxygen atoms in total. The van der Waals surface area contributed by atoms with Crippen molar-refractivity contribution in [2.45, 2.75) is 19.9 Å². The number of carbonyl (C=O) groups is 1. The fourth-order valence-corrected chi connectivity index (χ4v) is 2.93. The Labute approximate surface area is 171 Å². The lowest BCUT2D eigenvalue weighted by Crippen LogP contribution is -2.31. The van der Waals surface area contributed by atoms with Crippen LogP contribution >= 0.6 is 0 Å². The van der Waals surface area contributed by atoms with Gasteiger partial charge in [0, 0.05) is 24.2 Å². The lowest BCUT2D eigenvalue weighted by molar-refractivity contribution is 0.0914. The predicted molar refractivity (Wildman–Crippen MR) is 106 cm³/mol. The van der Waals surface area contributed by atoms with Crippen LogP contribution in [-0.2, 0) is 0 Å². The van der Waals surface area contributed by atoms with Crippen molar-refractivity contribution in [3.63, 3.8) is 0 Å². The predicted octanol–water partition coefficient (Wildman–Crippen LogP) is 3.58. The molecule has 1 aromatic carbocycles. The van der Waals surface area contributed by atoms with E-state index in [-0.39, 0.29) is 23.1 Å². The van der Waals surface area contributed by atoms with Gasteiger partial charge in [0.25, 0.3) is 5.91 Å². The number of hydrogen-bond donors (Lipinski definition) is 1. The van der Waals surface area contributed by atoms with Crippen LogP contribution in [0.15, 0.2) is 65.7 Å². The number of benzene rings is 1. The molecule has 9 heteroatoms. The van der Waals surface area contributed by atoms with Crippen molar-refractivity contribution in [3.05, 3.63) is 78.5 Å². The van der Waals surface area contributed by atoms with Gasteiger partial charge in [-0.05, 0) is 30.2 Å². The van der Waals surface area contributed by atoms with Crippen LogP contribution in [0.1, 0.15) is 36.1 Å². The van der Waals surface area contributed by atoms with Gasteiger partial charge in [-0.1, -0.05) is 31.1 Å². The molecule has 0 radical (unpaired) electrons. The molecular formula is C21H19FN6O2. The standard InChI is InChI=1S/C21H19FN6O2/c1-13(2)18(21-26-19(27-30-21)14-7-9-23-10-8-14)25-20(29)15-11-24-28(12-15)17-6-4-3-5-16(17)22/h3-13,18H,1-2H3,(H,25,29). The molecule has 0 spiro atoms. The summed E-state index contributed by atoms with van der Waals surface area (Å²) in [5.41, 5.74) is 1.31. The minimum Gasteiger partial charge on any atom is -0.340 e. The third-order valence-electron chi connectivity index (χ3n) is 4.54. The van der Waals surface area contributed by atoms with E-state index in [2.05, 4.69) is 25.5 Å². The second-order valence-electron chi connectivity index (χ2n) is 7.01. The van der Waals surface area contributed by atoms with E-state index in [1.54, 1.807) is 42.7 Å². The number of nitrogens with one attached hydrogen (secondary N) is 1. The van der Waals surface area contributed by atoms with E-state index in [1.807, 2.05) is 13.8 Å². The molecule has 4 aromatic rings. The zero-order chi connectivity index (χ0) is 21.1. The molecule has 0 aliphatic heterocycles. The Balaban J connectivity index is 1.54. The first-order valence-corrected chi connectivity index (χ1v) is 9.37. The van der Waals surface area contributed by atoms with E-state index < -0.39 is 11.9 Å². The van der Waals surface area contributed by atoms with Gasteiger partial charge in [0.05, 0.1) is 11.8 Å². The summed E-state index contributed by atoms with van der Waals surface area (Å²) in [6.45, 7) is 3.87. The molecule has 3 heterocycles. The largest absolute Gasteiger partial charge is 0.340 e. The molecule has 30 heavy (non-hydrogen) atoms. The smallest absolute Gasteiger partial charge is 0.255 e. The quantitative estimate of drug-likeness (QED) is 0.525. The highest BCUT2D eigenvalue weighted by Crippen LogP contribution is 2.24. The molecular weight excluding hydrogens is 387 g/mol. The van der Waals surface area contributed by atoms with E-state index in [4.69, 9.17) is 4.52 Å². The molecule has 1 unspecified atom stereocenters. The molecule has 0 fully saturated rings. The SMILES string of the molecule is CC(C)C(NC(=O)c1cnn(-c2ccccc2F)c1)c1nc(-c2ccncc2)no1. The van der Waals surface area contributed by atoms with Gasteiger partial charge in [-0.2, -0.15) is 10.1 Å². The van der Waals surface area contributed by atoms with Gasteiger partial charge >= 0.3 is 0 Å². The number of rotatable bonds is 6. The Morgan fingerprint density at radius 3 is 2.67 bits per heavy atom. The van der Waals surface area contributed by atoms with Crippen molar-refractivity contribution in [1.82, 2.24) is 30.2 Å². The second kappa shape index (κ2) is 8.24. The summed E-state index contributed by atoms with van der Waals surface area (Å²) in [5.74, 6) is -0.102. The van der Waals surface area contributed by atoms with Gasteiger partial charge in [-0.25, -0.2) is 9.07 Å². The number of halogens is 1. The van der Waals surface area contributed by atoms with Crippen LogP contribution in [0.5, 0.6) is 0 Å². The maximum absolute atomic E-state index is 14.0. The summed E-state index contributed by atoms with van der Waals surface area (Å²) in [6, 6.07) is 9.25. The average molecular weight is 406 g/mol. The van der Waals surface area contributed by atoms with Gasteiger partial charge < -0.3 is 9.84 Å². The fraction of sp³-hybridized carbons (Fsp3) is 0.190. The summed E-state index contributed by atoms with van der Waals surface area (Å²) in [6.07, 6.45) is 6.14. The summed E-state index contributed by atoms with van der Waals surface area (Å²) in [4.78, 5) is 21.2. The number of amides is 1. The molecule has 152 valence electrons. The molecule has 1 amide bonds. The topological polar surface area (TPSA) is 98.7 Å². The van der Waals surface area contributed by atoms with Crippen LogP contribution in [0, 0.1) is 11.7 Å². The van der Waals surface area contributed by atoms with Crippen LogP contribution in [0.2, 0.25) is 0 Å². The number of hydrogen-bond acceptors (Lipinski definition) is 6. The minimum absolute atomic E-state index is 0.0127. The third kappa shape index (κ3) is 3.95. The van der Waals surface area contributed by atoms with Crippen molar-refractivity contribution in [2.24, 2.45) is 5.92 Å². The van der Waals surface area contributed by atoms with E-state index in [0.29, 0.717) is 11.7 Å². The van der Waals surface area contributed by atoms with E-state index >= 15 is 0 Å². The van der Waals surface area contributed by atoms with Crippen LogP contribution in [0.4, 0.5) is 4.39 Å². The first-order valence-electron chi connectivity index (χ1n) is 9.37. The minimum atomic E-state index is -0.502. The molecule has 1 N–H and O–H groups in total. The monoisotopic (exact) mass is 406 g/mol. The summed E-state index contributed by atoms with van der Waals surface area (Å²) >= 11 is 0. The average Bonchev–Trinajstić information content (AvgIpc) is 3.43. The molecule has 3 aromatic heterocycles. The van der Waals surface area contributed by atoms with Gasteiger partial charge in [-0.15, -0.1) is 0 Å². The molecule has 1 atom stereocenters. The Kier molecular flexibility index (Phi) is 5.34. The van der Waals surface area contributed by atoms with Crippen LogP contribution in [-0.4, -0.2) is 30.8 Å². The number of nitrogens with zero attached hydrogens (tertiary/aromatic N) is 5. The van der Waals surface area contributed by atoms with Crippen molar-refractivity contribution >= 4 is 5.91 Å². The van der Waals surface area contributed by atoms with Gasteiger partial charge in [0.2, 0.25) is 11.7 Å². The summed E-state index contributed by atoms with van der Waals surface area (Å²) < 4.78 is 20.7. The highest BCUT2D eigenvalue weighted by atomic mass is 19.1. The molecule has 0 aliphatic carbocycles. The zero-order valence-corrected chi connectivity index (χ0v) is 16.4. The Hall–Kier alpha value is -3.88. The molecule has 0 saturated heterocycles. The number of pyridine rings is 1. The van der Waals surface area contributed by atoms with Crippen molar-refractivity contribution in [2.75, 3.05) is 0 Å². The highest BCUT2D eigenvalue weighted by molar-refractivity contribution is 5.94. The summed E-state index contributed by atoms with van der Waals surface area (Å²) in [5, 5.41) is 11.0. The van der Waals surface area contributed by atoms with Gasteiger partial charge in [0.1, 0.15) is 17.5 Å². The molecule has 0 bridgehead atoms. The Morgan fingerprint density at radius 1 is 1.17 bits per heavy atom. The zero-order valence-electron chi connectivity index (χ0n) is 16.4. The lowest BCUT2D eigenvalue weighted by Gasteiger charge is -2.17. The highest BCUT2D eigenvalue weighted by Gasteiger charge is 2.26. The molecule has 0 saturated carbocycles. The van der Waals surface area contributed by atoms with Gasteiger partial charge in [0.15, 0.2) is 0 Å². The fourth-order valence-electron chi connectivity index (χ4n) is 2.93. The van der Waals surface area contributed by atoms with Crippen molar-refractivity contribution in [3.8, 4) is 17.1 Å². The number of para-hydroxylation sites is 1. The summed E-state index contributed by atoms with van der Waals surface area (Å²) in [7, 11) is 0. The Bertz CT molecular complexity index is 1160. The van der Waals surface area contributed by atoms with Crippen molar-refractivity contribution < 1.29 is 13.7 Å². The molecule has 0 aliphatic rings. The van der Waals surface area contributed by atoms with E-state index in [1.165, 1.54) is 23.1 Å². The first-order chi connectivity index (χ1) is 14.5. The van der Waals surface area contributed by atoms with Gasteiger partial charge in [-0.3, -0.25) is 9.78 Å². The maximum atomic E-state index is 14.0.